The number of pyridine rings is 1. The molecule has 0 spiro atoms. The van der Waals surface area contributed by atoms with E-state index in [1.54, 1.807) is 12.3 Å². The van der Waals surface area contributed by atoms with Gasteiger partial charge in [-0.15, -0.1) is 0 Å². The molecule has 5 nitrogen and oxygen atoms in total. The van der Waals surface area contributed by atoms with Crippen LogP contribution in [0.4, 0.5) is 10.5 Å². The van der Waals surface area contributed by atoms with Gasteiger partial charge in [0, 0.05) is 22.5 Å². The average molecular weight is 342 g/mol. The summed E-state index contributed by atoms with van der Waals surface area (Å²) in [5, 5.41) is 6.50. The van der Waals surface area contributed by atoms with Crippen LogP contribution in [0.1, 0.15) is 24.1 Å². The maximum Gasteiger partial charge on any atom is 0.320 e. The molecule has 0 saturated heterocycles. The molecule has 1 aliphatic carbocycles. The Morgan fingerprint density at radius 1 is 1.25 bits per heavy atom. The van der Waals surface area contributed by atoms with E-state index < -0.39 is 5.54 Å². The second-order valence-corrected chi connectivity index (χ2v) is 6.25. The van der Waals surface area contributed by atoms with E-state index in [2.05, 4.69) is 27.5 Å². The zero-order chi connectivity index (χ0) is 15.9. The van der Waals surface area contributed by atoms with Gasteiger partial charge in [-0.3, -0.25) is 0 Å². The SMILES string of the molecule is O.O=C1Nc2ccc(Cl)cc2[C@@](C#Cc2ccccn2)(C2CC2)N1. The normalized spacial score (nSPS) is 21.3. The Labute approximate surface area is 144 Å². The summed E-state index contributed by atoms with van der Waals surface area (Å²) < 4.78 is 0. The number of carbonyl (C=O) groups excluding carboxylic acids is 1. The molecule has 2 aliphatic rings. The fourth-order valence-corrected chi connectivity index (χ4v) is 3.16. The minimum absolute atomic E-state index is 0. The summed E-state index contributed by atoms with van der Waals surface area (Å²) >= 11 is 6.18. The Kier molecular flexibility index (Phi) is 4.18. The molecular weight excluding hydrogens is 326 g/mol. The summed E-state index contributed by atoms with van der Waals surface area (Å²) in [7, 11) is 0. The van der Waals surface area contributed by atoms with Gasteiger partial charge in [-0.2, -0.15) is 0 Å². The van der Waals surface area contributed by atoms with Crippen LogP contribution in [0.15, 0.2) is 42.6 Å². The Morgan fingerprint density at radius 3 is 2.79 bits per heavy atom. The predicted molar refractivity (Wildman–Crippen MR) is 92.7 cm³/mol. The van der Waals surface area contributed by atoms with Crippen molar-refractivity contribution in [2.75, 3.05) is 5.32 Å². The number of fused-ring (bicyclic) bond motifs is 1. The molecule has 2 amide bonds. The molecule has 2 aromatic rings. The van der Waals surface area contributed by atoms with Crippen LogP contribution in [0.3, 0.4) is 0 Å². The molecule has 0 unspecified atom stereocenters. The smallest absolute Gasteiger partial charge is 0.320 e. The summed E-state index contributed by atoms with van der Waals surface area (Å²) in [5.41, 5.74) is 1.67. The number of anilines is 1. The van der Waals surface area contributed by atoms with E-state index in [0.717, 1.165) is 24.1 Å². The van der Waals surface area contributed by atoms with Gasteiger partial charge in [-0.05, 0) is 55.0 Å². The molecule has 4 N–H and O–H groups in total. The summed E-state index contributed by atoms with van der Waals surface area (Å²) in [4.78, 5) is 16.4. The quantitative estimate of drug-likeness (QED) is 0.781. The van der Waals surface area contributed by atoms with Crippen LogP contribution in [-0.4, -0.2) is 16.5 Å². The molecule has 0 radical (unpaired) electrons. The van der Waals surface area contributed by atoms with Crippen LogP contribution in [0, 0.1) is 17.8 Å². The highest BCUT2D eigenvalue weighted by molar-refractivity contribution is 6.30. The lowest BCUT2D eigenvalue weighted by atomic mass is 9.83. The number of nitrogens with zero attached hydrogens (tertiary/aromatic N) is 1. The van der Waals surface area contributed by atoms with Crippen molar-refractivity contribution in [1.82, 2.24) is 10.3 Å². The van der Waals surface area contributed by atoms with Gasteiger partial charge in [0.1, 0.15) is 11.2 Å². The van der Waals surface area contributed by atoms with E-state index in [1.165, 1.54) is 0 Å². The van der Waals surface area contributed by atoms with Gasteiger partial charge in [-0.25, -0.2) is 9.78 Å². The van der Waals surface area contributed by atoms with E-state index in [4.69, 9.17) is 11.6 Å². The van der Waals surface area contributed by atoms with Gasteiger partial charge in [-0.1, -0.05) is 23.6 Å². The topological polar surface area (TPSA) is 85.5 Å². The van der Waals surface area contributed by atoms with E-state index in [-0.39, 0.29) is 11.5 Å². The van der Waals surface area contributed by atoms with Gasteiger partial charge in [0.2, 0.25) is 0 Å². The van der Waals surface area contributed by atoms with Crippen LogP contribution in [0.2, 0.25) is 5.02 Å². The van der Waals surface area contributed by atoms with E-state index in [1.807, 2.05) is 30.3 Å². The minimum Gasteiger partial charge on any atom is -0.412 e. The van der Waals surface area contributed by atoms with Crippen molar-refractivity contribution in [1.29, 1.82) is 0 Å². The zero-order valence-electron chi connectivity index (χ0n) is 12.8. The van der Waals surface area contributed by atoms with Gasteiger partial charge in [0.05, 0.1) is 0 Å². The van der Waals surface area contributed by atoms with Crippen molar-refractivity contribution in [3.05, 3.63) is 58.9 Å². The number of carbonyl (C=O) groups is 1. The maximum atomic E-state index is 12.1. The van der Waals surface area contributed by atoms with Gasteiger partial charge >= 0.3 is 6.03 Å². The number of hydrogen-bond donors (Lipinski definition) is 2. The third kappa shape index (κ3) is 2.82. The lowest BCUT2D eigenvalue weighted by Gasteiger charge is -2.36. The van der Waals surface area contributed by atoms with Gasteiger partial charge in [0.25, 0.3) is 0 Å². The van der Waals surface area contributed by atoms with Crippen LogP contribution < -0.4 is 10.6 Å². The number of benzene rings is 1. The molecule has 1 saturated carbocycles. The van der Waals surface area contributed by atoms with E-state index in [9.17, 15) is 4.79 Å². The molecule has 122 valence electrons. The number of rotatable bonds is 1. The van der Waals surface area contributed by atoms with E-state index in [0.29, 0.717) is 16.6 Å². The Bertz CT molecular complexity index is 840. The second kappa shape index (κ2) is 6.16. The molecule has 4 rings (SSSR count). The van der Waals surface area contributed by atoms with E-state index >= 15 is 0 Å². The Morgan fingerprint density at radius 2 is 2.08 bits per heavy atom. The third-order valence-electron chi connectivity index (χ3n) is 4.21. The first-order chi connectivity index (χ1) is 11.2. The third-order valence-corrected chi connectivity index (χ3v) is 4.44. The van der Waals surface area contributed by atoms with Crippen LogP contribution in [-0.2, 0) is 5.54 Å². The molecule has 1 fully saturated rings. The van der Waals surface area contributed by atoms with Crippen molar-refractivity contribution in [3.8, 4) is 11.8 Å². The number of hydrogen-bond acceptors (Lipinski definition) is 2. The molecule has 1 aliphatic heterocycles. The number of nitrogens with one attached hydrogen (secondary N) is 2. The summed E-state index contributed by atoms with van der Waals surface area (Å²) in [6, 6.07) is 10.9. The molecule has 0 bridgehead atoms. The fourth-order valence-electron chi connectivity index (χ4n) is 2.99. The summed E-state index contributed by atoms with van der Waals surface area (Å²) in [6.45, 7) is 0. The highest BCUT2D eigenvalue weighted by Gasteiger charge is 2.50. The number of urea groups is 1. The minimum atomic E-state index is -0.708. The van der Waals surface area contributed by atoms with Gasteiger partial charge in [0.15, 0.2) is 0 Å². The zero-order valence-corrected chi connectivity index (χ0v) is 13.5. The molecule has 24 heavy (non-hydrogen) atoms. The van der Waals surface area contributed by atoms with Gasteiger partial charge < -0.3 is 16.1 Å². The van der Waals surface area contributed by atoms with Crippen LogP contribution >= 0.6 is 11.6 Å². The van der Waals surface area contributed by atoms with Crippen molar-refractivity contribution >= 4 is 23.3 Å². The summed E-state index contributed by atoms with van der Waals surface area (Å²) in [5.74, 6) is 6.69. The first-order valence-corrected chi connectivity index (χ1v) is 7.88. The average Bonchev–Trinajstić information content (AvgIpc) is 3.39. The molecule has 1 aromatic carbocycles. The number of amides is 2. The summed E-state index contributed by atoms with van der Waals surface area (Å²) in [6.07, 6.45) is 3.77. The molecule has 1 atom stereocenters. The lowest BCUT2D eigenvalue weighted by molar-refractivity contribution is 0.238. The van der Waals surface area contributed by atoms with Crippen molar-refractivity contribution in [2.45, 2.75) is 18.4 Å². The monoisotopic (exact) mass is 341 g/mol. The highest BCUT2D eigenvalue weighted by atomic mass is 35.5. The fraction of sp³-hybridized carbons (Fsp3) is 0.222. The number of aromatic nitrogens is 1. The highest BCUT2D eigenvalue weighted by Crippen LogP contribution is 2.49. The molecule has 1 aromatic heterocycles. The first kappa shape index (κ1) is 16.3. The molecule has 2 heterocycles. The maximum absolute atomic E-state index is 12.1. The molecule has 6 heteroatoms. The van der Waals surface area contributed by atoms with Crippen molar-refractivity contribution in [3.63, 3.8) is 0 Å². The largest absolute Gasteiger partial charge is 0.412 e. The van der Waals surface area contributed by atoms with Crippen molar-refractivity contribution < 1.29 is 10.3 Å². The first-order valence-electron chi connectivity index (χ1n) is 7.51. The van der Waals surface area contributed by atoms with Crippen LogP contribution in [0.5, 0.6) is 0 Å². The number of halogens is 1. The van der Waals surface area contributed by atoms with Crippen molar-refractivity contribution in [2.24, 2.45) is 5.92 Å². The second-order valence-electron chi connectivity index (χ2n) is 5.82. The standard InChI is InChI=1S/C18H14ClN3O.H2O/c19-13-6-7-16-15(11-13)18(12-4-5-12,22-17(23)21-16)9-8-14-3-1-2-10-20-14;/h1-3,6-7,10-12H,4-5H2,(H2,21,22,23);1H2/t18-;/m1./s1. The lowest BCUT2D eigenvalue weighted by Crippen LogP contribution is -2.52. The van der Waals surface area contributed by atoms with Crippen LogP contribution in [0.25, 0.3) is 0 Å². The Balaban J connectivity index is 0.00000169. The molecular formula is C18H16ClN3O2. The predicted octanol–water partition coefficient (Wildman–Crippen LogP) is 2.70. The Hall–Kier alpha value is -2.55.